The Labute approximate surface area is 128 Å². The molecule has 1 aromatic carbocycles. The van der Waals surface area contributed by atoms with Gasteiger partial charge >= 0.3 is 0 Å². The van der Waals surface area contributed by atoms with Crippen LogP contribution in [0.2, 0.25) is 0 Å². The van der Waals surface area contributed by atoms with E-state index in [0.29, 0.717) is 6.61 Å². The highest BCUT2D eigenvalue weighted by Crippen LogP contribution is 2.18. The first-order chi connectivity index (χ1) is 10.0. The van der Waals surface area contributed by atoms with Crippen LogP contribution < -0.4 is 11.1 Å². The van der Waals surface area contributed by atoms with Gasteiger partial charge in [-0.3, -0.25) is 4.79 Å². The molecule has 0 aliphatic heterocycles. The monoisotopic (exact) mass is 292 g/mol. The predicted molar refractivity (Wildman–Crippen MR) is 87.3 cm³/mol. The van der Waals surface area contributed by atoms with Crippen molar-refractivity contribution >= 4 is 11.6 Å². The van der Waals surface area contributed by atoms with Crippen molar-refractivity contribution in [3.05, 3.63) is 29.8 Å². The zero-order chi connectivity index (χ0) is 15.7. The number of carbonyl (C=O) groups excluding carboxylic acids is 1. The summed E-state index contributed by atoms with van der Waals surface area (Å²) in [6.07, 6.45) is 3.61. The van der Waals surface area contributed by atoms with E-state index in [1.165, 1.54) is 0 Å². The molecule has 0 aliphatic rings. The lowest BCUT2D eigenvalue weighted by Gasteiger charge is -2.15. The van der Waals surface area contributed by atoms with Gasteiger partial charge in [-0.2, -0.15) is 0 Å². The molecule has 0 aromatic heterocycles. The van der Waals surface area contributed by atoms with Crippen molar-refractivity contribution in [3.63, 3.8) is 0 Å². The largest absolute Gasteiger partial charge is 0.384 e. The van der Waals surface area contributed by atoms with Crippen molar-refractivity contribution in [2.24, 2.45) is 11.7 Å². The molecular formula is C17H28N2O2. The van der Waals surface area contributed by atoms with Crippen LogP contribution in [-0.2, 0) is 16.0 Å². The molecule has 0 spiro atoms. The van der Waals surface area contributed by atoms with Crippen molar-refractivity contribution in [1.82, 2.24) is 0 Å². The van der Waals surface area contributed by atoms with E-state index in [1.54, 1.807) is 7.11 Å². The molecule has 0 saturated carbocycles. The Morgan fingerprint density at radius 3 is 2.67 bits per heavy atom. The van der Waals surface area contributed by atoms with Crippen LogP contribution in [0.5, 0.6) is 0 Å². The molecule has 4 nitrogen and oxygen atoms in total. The van der Waals surface area contributed by atoms with E-state index < -0.39 is 0 Å². The second-order valence-electron chi connectivity index (χ2n) is 5.70. The molecule has 1 aromatic rings. The second-order valence-corrected chi connectivity index (χ2v) is 5.70. The zero-order valence-corrected chi connectivity index (χ0v) is 13.4. The van der Waals surface area contributed by atoms with Crippen molar-refractivity contribution in [1.29, 1.82) is 0 Å². The summed E-state index contributed by atoms with van der Waals surface area (Å²) in [5.41, 5.74) is 7.73. The third-order valence-electron chi connectivity index (χ3n) is 3.59. The predicted octanol–water partition coefficient (Wildman–Crippen LogP) is 2.97. The number of para-hydroxylation sites is 1. The minimum Gasteiger partial charge on any atom is -0.384 e. The molecule has 1 rings (SSSR count). The highest BCUT2D eigenvalue weighted by Gasteiger charge is 2.14. The average molecular weight is 292 g/mol. The zero-order valence-electron chi connectivity index (χ0n) is 13.4. The van der Waals surface area contributed by atoms with Crippen molar-refractivity contribution < 1.29 is 9.53 Å². The lowest BCUT2D eigenvalue weighted by molar-refractivity contribution is -0.119. The number of benzene rings is 1. The number of hydrogen-bond donors (Lipinski definition) is 2. The van der Waals surface area contributed by atoms with E-state index in [4.69, 9.17) is 10.5 Å². The number of amides is 1. The number of ether oxygens (including phenoxy) is 1. The number of methoxy groups -OCH3 is 1. The van der Waals surface area contributed by atoms with Gasteiger partial charge in [-0.1, -0.05) is 31.5 Å². The van der Waals surface area contributed by atoms with Gasteiger partial charge in [-0.15, -0.1) is 0 Å². The molecule has 2 atom stereocenters. The minimum atomic E-state index is -0.000712. The van der Waals surface area contributed by atoms with Gasteiger partial charge in [0.25, 0.3) is 0 Å². The molecule has 0 bridgehead atoms. The fourth-order valence-electron chi connectivity index (χ4n) is 2.21. The van der Waals surface area contributed by atoms with E-state index in [0.717, 1.165) is 36.9 Å². The van der Waals surface area contributed by atoms with E-state index in [9.17, 15) is 4.79 Å². The van der Waals surface area contributed by atoms with Crippen LogP contribution in [0.3, 0.4) is 0 Å². The summed E-state index contributed by atoms with van der Waals surface area (Å²) in [6.45, 7) is 4.61. The summed E-state index contributed by atoms with van der Waals surface area (Å²) in [4.78, 5) is 12.2. The van der Waals surface area contributed by atoms with E-state index in [2.05, 4.69) is 5.32 Å². The van der Waals surface area contributed by atoms with E-state index >= 15 is 0 Å². The van der Waals surface area contributed by atoms with Crippen LogP contribution in [0.4, 0.5) is 5.69 Å². The third kappa shape index (κ3) is 6.74. The van der Waals surface area contributed by atoms with Gasteiger partial charge in [0.05, 0.1) is 6.61 Å². The van der Waals surface area contributed by atoms with Crippen LogP contribution in [-0.4, -0.2) is 25.7 Å². The van der Waals surface area contributed by atoms with Gasteiger partial charge in [-0.05, 0) is 37.8 Å². The number of nitrogens with one attached hydrogen (secondary N) is 1. The quantitative estimate of drug-likeness (QED) is 0.735. The topological polar surface area (TPSA) is 64.3 Å². The maximum Gasteiger partial charge on any atom is 0.227 e. The minimum absolute atomic E-state index is 0.000712. The van der Waals surface area contributed by atoms with Crippen LogP contribution in [0, 0.1) is 5.92 Å². The van der Waals surface area contributed by atoms with E-state index in [1.807, 2.05) is 38.1 Å². The molecule has 0 saturated heterocycles. The Hall–Kier alpha value is -1.39. The van der Waals surface area contributed by atoms with Crippen molar-refractivity contribution in [2.45, 2.75) is 45.6 Å². The van der Waals surface area contributed by atoms with Crippen molar-refractivity contribution in [3.8, 4) is 0 Å². The average Bonchev–Trinajstić information content (AvgIpc) is 2.45. The van der Waals surface area contributed by atoms with Crippen molar-refractivity contribution in [2.75, 3.05) is 19.0 Å². The van der Waals surface area contributed by atoms with Crippen LogP contribution in [0.15, 0.2) is 24.3 Å². The number of carbonyl (C=O) groups is 1. The summed E-state index contributed by atoms with van der Waals surface area (Å²) in [7, 11) is 1.68. The Morgan fingerprint density at radius 1 is 1.29 bits per heavy atom. The summed E-state index contributed by atoms with van der Waals surface area (Å²) < 4.78 is 5.10. The first kappa shape index (κ1) is 17.7. The molecule has 1 amide bonds. The lowest BCUT2D eigenvalue weighted by atomic mass is 10.0. The Morgan fingerprint density at radius 2 is 2.00 bits per heavy atom. The van der Waals surface area contributed by atoms with Crippen LogP contribution in [0.1, 0.15) is 38.7 Å². The Kier molecular flexibility index (Phi) is 8.01. The maximum absolute atomic E-state index is 12.2. The van der Waals surface area contributed by atoms with Gasteiger partial charge < -0.3 is 15.8 Å². The number of nitrogens with two attached hydrogens (primary N) is 1. The third-order valence-corrected chi connectivity index (χ3v) is 3.59. The van der Waals surface area contributed by atoms with Gasteiger partial charge in [0.2, 0.25) is 5.91 Å². The highest BCUT2D eigenvalue weighted by molar-refractivity contribution is 5.93. The fourth-order valence-corrected chi connectivity index (χ4v) is 2.21. The molecule has 0 heterocycles. The van der Waals surface area contributed by atoms with Gasteiger partial charge in [-0.25, -0.2) is 0 Å². The summed E-state index contributed by atoms with van der Waals surface area (Å²) in [6, 6.07) is 8.09. The first-order valence-corrected chi connectivity index (χ1v) is 7.68. The standard InChI is InChI=1S/C17H28N2O2/c1-13(7-6-8-14(2)18)17(20)19-16-10-5-4-9-15(16)11-12-21-3/h4-5,9-10,13-14H,6-8,11-12,18H2,1-3H3,(H,19,20). The molecule has 2 unspecified atom stereocenters. The Balaban J connectivity index is 2.53. The molecule has 0 fully saturated rings. The van der Waals surface area contributed by atoms with Gasteiger partial charge in [0, 0.05) is 24.8 Å². The van der Waals surface area contributed by atoms with Gasteiger partial charge in [0.15, 0.2) is 0 Å². The van der Waals surface area contributed by atoms with Crippen LogP contribution >= 0.6 is 0 Å². The number of rotatable bonds is 9. The molecule has 3 N–H and O–H groups in total. The van der Waals surface area contributed by atoms with Crippen LogP contribution in [0.25, 0.3) is 0 Å². The van der Waals surface area contributed by atoms with Gasteiger partial charge in [0.1, 0.15) is 0 Å². The lowest BCUT2D eigenvalue weighted by Crippen LogP contribution is -2.22. The normalized spacial score (nSPS) is 13.7. The molecule has 4 heteroatoms. The maximum atomic E-state index is 12.2. The molecule has 0 radical (unpaired) electrons. The number of hydrogen-bond acceptors (Lipinski definition) is 3. The first-order valence-electron chi connectivity index (χ1n) is 7.68. The highest BCUT2D eigenvalue weighted by atomic mass is 16.5. The Bertz CT molecular complexity index is 433. The second kappa shape index (κ2) is 9.53. The smallest absolute Gasteiger partial charge is 0.227 e. The summed E-state index contributed by atoms with van der Waals surface area (Å²) in [5, 5.41) is 3.03. The number of anilines is 1. The SMILES string of the molecule is COCCc1ccccc1NC(=O)C(C)CCCC(C)N. The van der Waals surface area contributed by atoms with E-state index in [-0.39, 0.29) is 17.9 Å². The molecular weight excluding hydrogens is 264 g/mol. The molecule has 21 heavy (non-hydrogen) atoms. The molecule has 118 valence electrons. The molecule has 0 aliphatic carbocycles. The fraction of sp³-hybridized carbons (Fsp3) is 0.588. The summed E-state index contributed by atoms with van der Waals surface area (Å²) in [5.74, 6) is 0.0729. The summed E-state index contributed by atoms with van der Waals surface area (Å²) >= 11 is 0.